The molecule has 0 aliphatic carbocycles. The molecular formula is C25H28N6O4. The fourth-order valence-electron chi connectivity index (χ4n) is 3.99. The lowest BCUT2D eigenvalue weighted by molar-refractivity contribution is 0.0950. The highest BCUT2D eigenvalue weighted by Gasteiger charge is 2.28. The Bertz CT molecular complexity index is 1240. The molecule has 4 rings (SSSR count). The molecule has 1 unspecified atom stereocenters. The number of amides is 3. The van der Waals surface area contributed by atoms with Gasteiger partial charge in [-0.3, -0.25) is 4.79 Å². The Hall–Kier alpha value is -4.34. The largest absolute Gasteiger partial charge is 0.493 e. The summed E-state index contributed by atoms with van der Waals surface area (Å²) in [4.78, 5) is 32.1. The molecule has 1 aliphatic heterocycles. The summed E-state index contributed by atoms with van der Waals surface area (Å²) >= 11 is 0. The van der Waals surface area contributed by atoms with Gasteiger partial charge in [-0.15, -0.1) is 0 Å². The van der Waals surface area contributed by atoms with Crippen molar-refractivity contribution >= 4 is 17.6 Å². The number of methoxy groups -OCH3 is 2. The third-order valence-electron chi connectivity index (χ3n) is 5.84. The van der Waals surface area contributed by atoms with Gasteiger partial charge in [0, 0.05) is 29.9 Å². The average Bonchev–Trinajstić information content (AvgIpc) is 3.36. The van der Waals surface area contributed by atoms with E-state index >= 15 is 0 Å². The van der Waals surface area contributed by atoms with E-state index in [1.807, 2.05) is 31.2 Å². The molecule has 3 N–H and O–H groups in total. The minimum atomic E-state index is -0.309. The lowest BCUT2D eigenvalue weighted by Crippen LogP contribution is -2.41. The maximum Gasteiger partial charge on any atom is 0.337 e. The van der Waals surface area contributed by atoms with Crippen LogP contribution in [0.15, 0.2) is 54.0 Å². The zero-order valence-electron chi connectivity index (χ0n) is 20.1. The second kappa shape index (κ2) is 10.3. The van der Waals surface area contributed by atoms with Crippen LogP contribution in [0.4, 0.5) is 4.79 Å². The summed E-state index contributed by atoms with van der Waals surface area (Å²) in [5, 5.41) is 11.7. The summed E-state index contributed by atoms with van der Waals surface area (Å²) in [6.07, 6.45) is 3.80. The van der Waals surface area contributed by atoms with Gasteiger partial charge in [-0.1, -0.05) is 12.1 Å². The molecule has 182 valence electrons. The number of hydrogen-bond donors (Lipinski definition) is 3. The fourth-order valence-corrected chi connectivity index (χ4v) is 3.99. The Balaban J connectivity index is 1.71. The van der Waals surface area contributed by atoms with E-state index in [2.05, 4.69) is 20.6 Å². The van der Waals surface area contributed by atoms with Crippen molar-refractivity contribution in [3.8, 4) is 11.5 Å². The maximum atomic E-state index is 12.6. The van der Waals surface area contributed by atoms with Gasteiger partial charge in [0.15, 0.2) is 11.5 Å². The van der Waals surface area contributed by atoms with E-state index in [1.54, 1.807) is 45.9 Å². The number of ether oxygens (including phenoxy) is 2. The molecule has 1 aliphatic rings. The molecule has 0 bridgehead atoms. The van der Waals surface area contributed by atoms with Crippen molar-refractivity contribution in [2.24, 2.45) is 5.10 Å². The summed E-state index contributed by atoms with van der Waals surface area (Å²) in [5.74, 6) is 0.964. The van der Waals surface area contributed by atoms with Crippen molar-refractivity contribution in [2.45, 2.75) is 25.9 Å². The van der Waals surface area contributed by atoms with Gasteiger partial charge in [-0.2, -0.15) is 5.10 Å². The fraction of sp³-hybridized carbons (Fsp3) is 0.280. The van der Waals surface area contributed by atoms with Crippen LogP contribution in [0.2, 0.25) is 0 Å². The molecule has 0 fully saturated rings. The molecule has 10 nitrogen and oxygen atoms in total. The minimum absolute atomic E-state index is 0.197. The summed E-state index contributed by atoms with van der Waals surface area (Å²) in [6.45, 7) is 2.29. The Morgan fingerprint density at radius 1 is 1.14 bits per heavy atom. The van der Waals surface area contributed by atoms with Crippen LogP contribution in [0, 0.1) is 0 Å². The zero-order valence-corrected chi connectivity index (χ0v) is 20.1. The van der Waals surface area contributed by atoms with Crippen molar-refractivity contribution in [1.82, 2.24) is 25.6 Å². The first kappa shape index (κ1) is 23.8. The Morgan fingerprint density at radius 3 is 2.49 bits per heavy atom. The van der Waals surface area contributed by atoms with Crippen molar-refractivity contribution < 1.29 is 19.1 Å². The van der Waals surface area contributed by atoms with Gasteiger partial charge in [-0.25, -0.2) is 14.8 Å². The molecule has 1 atom stereocenters. The lowest BCUT2D eigenvalue weighted by atomic mass is 9.93. The quantitative estimate of drug-likeness (QED) is 0.505. The van der Waals surface area contributed by atoms with E-state index in [1.165, 1.54) is 5.01 Å². The number of H-pyrrole nitrogens is 1. The molecule has 1 aromatic heterocycles. The van der Waals surface area contributed by atoms with Crippen molar-refractivity contribution in [3.05, 3.63) is 76.9 Å². The molecule has 3 amide bonds. The van der Waals surface area contributed by atoms with E-state index in [-0.39, 0.29) is 18.0 Å². The number of carbonyl (C=O) groups excluding carboxylic acids is 2. The molecule has 0 saturated carbocycles. The van der Waals surface area contributed by atoms with Crippen molar-refractivity contribution in [1.29, 1.82) is 0 Å². The number of aromatic amines is 1. The molecule has 0 spiro atoms. The highest BCUT2D eigenvalue weighted by molar-refractivity contribution is 6.15. The van der Waals surface area contributed by atoms with Crippen LogP contribution in [0.5, 0.6) is 11.5 Å². The average molecular weight is 477 g/mol. The standard InChI is InChI=1S/C25H28N6O4/c1-15-9-18-10-21(34-3)22(35-4)11-20(18)23(30-31(15)25(33)26-2)16-5-7-17(8-6-16)24(32)28-13-19-12-27-14-29-19/h5-8,10-12,14-15H,9,13H2,1-4H3,(H,26,33)(H,27,29)(H,28,32). The van der Waals surface area contributed by atoms with Gasteiger partial charge >= 0.3 is 6.03 Å². The number of imidazole rings is 1. The highest BCUT2D eigenvalue weighted by Crippen LogP contribution is 2.34. The molecular weight excluding hydrogens is 448 g/mol. The Labute approximate surface area is 203 Å². The third-order valence-corrected chi connectivity index (χ3v) is 5.84. The SMILES string of the molecule is CNC(=O)N1N=C(c2ccc(C(=O)NCc3cnc[nH]3)cc2)c2cc(OC)c(OC)cc2CC1C. The van der Waals surface area contributed by atoms with Gasteiger partial charge in [0.2, 0.25) is 0 Å². The van der Waals surface area contributed by atoms with Crippen molar-refractivity contribution in [3.63, 3.8) is 0 Å². The topological polar surface area (TPSA) is 121 Å². The molecule has 0 saturated heterocycles. The van der Waals surface area contributed by atoms with Gasteiger partial charge in [-0.05, 0) is 43.2 Å². The predicted octanol–water partition coefficient (Wildman–Crippen LogP) is 2.70. The first-order valence-electron chi connectivity index (χ1n) is 11.2. The lowest BCUT2D eigenvalue weighted by Gasteiger charge is -2.22. The second-order valence-corrected chi connectivity index (χ2v) is 8.10. The minimum Gasteiger partial charge on any atom is -0.493 e. The molecule has 35 heavy (non-hydrogen) atoms. The van der Waals surface area contributed by atoms with Gasteiger partial charge in [0.05, 0.1) is 44.5 Å². The number of benzene rings is 2. The number of carbonyl (C=O) groups is 2. The monoisotopic (exact) mass is 476 g/mol. The smallest absolute Gasteiger partial charge is 0.337 e. The van der Waals surface area contributed by atoms with E-state index in [0.29, 0.717) is 35.7 Å². The van der Waals surface area contributed by atoms with Crippen LogP contribution >= 0.6 is 0 Å². The maximum absolute atomic E-state index is 12.6. The predicted molar refractivity (Wildman–Crippen MR) is 131 cm³/mol. The highest BCUT2D eigenvalue weighted by atomic mass is 16.5. The van der Waals surface area contributed by atoms with Crippen LogP contribution in [0.3, 0.4) is 0 Å². The normalized spacial score (nSPS) is 14.9. The zero-order chi connectivity index (χ0) is 24.9. The molecule has 2 aromatic carbocycles. The van der Waals surface area contributed by atoms with Crippen molar-refractivity contribution in [2.75, 3.05) is 21.3 Å². The number of rotatable bonds is 6. The second-order valence-electron chi connectivity index (χ2n) is 8.10. The summed E-state index contributed by atoms with van der Waals surface area (Å²) in [6, 6.07) is 10.4. The molecule has 3 aromatic rings. The van der Waals surface area contributed by atoms with Crippen LogP contribution in [0.25, 0.3) is 0 Å². The van der Waals surface area contributed by atoms with E-state index < -0.39 is 0 Å². The van der Waals surface area contributed by atoms with E-state index in [9.17, 15) is 9.59 Å². The number of hydrazone groups is 1. The van der Waals surface area contributed by atoms with E-state index in [0.717, 1.165) is 22.4 Å². The number of fused-ring (bicyclic) bond motifs is 1. The molecule has 0 radical (unpaired) electrons. The molecule has 2 heterocycles. The van der Waals surface area contributed by atoms with Gasteiger partial charge in [0.25, 0.3) is 5.91 Å². The summed E-state index contributed by atoms with van der Waals surface area (Å²) in [5.41, 5.74) is 4.47. The van der Waals surface area contributed by atoms with Crippen LogP contribution in [-0.2, 0) is 13.0 Å². The number of aromatic nitrogens is 2. The number of hydrogen-bond acceptors (Lipinski definition) is 6. The van der Waals surface area contributed by atoms with Gasteiger partial charge in [0.1, 0.15) is 0 Å². The van der Waals surface area contributed by atoms with Gasteiger partial charge < -0.3 is 25.1 Å². The van der Waals surface area contributed by atoms with Crippen LogP contribution in [0.1, 0.15) is 39.7 Å². The van der Waals surface area contributed by atoms with E-state index in [4.69, 9.17) is 14.6 Å². The van der Waals surface area contributed by atoms with Crippen LogP contribution < -0.4 is 20.1 Å². The molecule has 10 heteroatoms. The first-order chi connectivity index (χ1) is 16.9. The van der Waals surface area contributed by atoms with Crippen LogP contribution in [-0.4, -0.2) is 59.9 Å². The Kier molecular flexibility index (Phi) is 7.00. The first-order valence-corrected chi connectivity index (χ1v) is 11.2. The Morgan fingerprint density at radius 2 is 1.86 bits per heavy atom. The number of nitrogens with one attached hydrogen (secondary N) is 3. The third kappa shape index (κ3) is 4.96. The summed E-state index contributed by atoms with van der Waals surface area (Å²) in [7, 11) is 4.74. The number of nitrogens with zero attached hydrogens (tertiary/aromatic N) is 3. The number of urea groups is 1. The summed E-state index contributed by atoms with van der Waals surface area (Å²) < 4.78 is 11.0.